The fourth-order valence-electron chi connectivity index (χ4n) is 1.13. The Labute approximate surface area is 68.8 Å². The van der Waals surface area contributed by atoms with Crippen LogP contribution in [0, 0.1) is 0 Å². The summed E-state index contributed by atoms with van der Waals surface area (Å²) >= 11 is 0. The maximum Gasteiger partial charge on any atom is 0.168 e. The van der Waals surface area contributed by atoms with Crippen molar-refractivity contribution in [1.82, 2.24) is 14.8 Å². The van der Waals surface area contributed by atoms with E-state index >= 15 is 0 Å². The molecule has 0 aliphatic rings. The highest BCUT2D eigenvalue weighted by Crippen LogP contribution is 2.10. The molecule has 12 heavy (non-hydrogen) atoms. The lowest BCUT2D eigenvalue weighted by Crippen LogP contribution is -1.91. The van der Waals surface area contributed by atoms with E-state index in [1.165, 1.54) is 0 Å². The van der Waals surface area contributed by atoms with Gasteiger partial charge in [0.25, 0.3) is 0 Å². The second kappa shape index (κ2) is 2.41. The third-order valence-electron chi connectivity index (χ3n) is 1.77. The van der Waals surface area contributed by atoms with Crippen molar-refractivity contribution in [1.29, 1.82) is 0 Å². The van der Waals surface area contributed by atoms with E-state index in [4.69, 9.17) is 0 Å². The molecule has 2 heterocycles. The maximum atomic E-state index is 10.4. The summed E-state index contributed by atoms with van der Waals surface area (Å²) in [6.07, 6.45) is 4.09. The van der Waals surface area contributed by atoms with E-state index in [0.29, 0.717) is 5.69 Å². The van der Waals surface area contributed by atoms with Crippen LogP contribution in [0.2, 0.25) is 0 Å². The number of fused-ring (bicyclic) bond motifs is 1. The Morgan fingerprint density at radius 3 is 3.08 bits per heavy atom. The molecule has 2 aromatic rings. The normalized spacial score (nSPS) is 10.4. The van der Waals surface area contributed by atoms with Crippen LogP contribution < -0.4 is 0 Å². The predicted octanol–water partition coefficient (Wildman–Crippen LogP) is 0.781. The van der Waals surface area contributed by atoms with Crippen LogP contribution in [0.1, 0.15) is 10.5 Å². The summed E-state index contributed by atoms with van der Waals surface area (Å²) in [5.41, 5.74) is 1.36. The van der Waals surface area contributed by atoms with Crippen molar-refractivity contribution in [2.75, 3.05) is 0 Å². The second-order valence-electron chi connectivity index (χ2n) is 2.55. The fourth-order valence-corrected chi connectivity index (χ4v) is 1.13. The largest absolute Gasteiger partial charge is 0.296 e. The predicted molar refractivity (Wildman–Crippen MR) is 43.9 cm³/mol. The first-order chi connectivity index (χ1) is 5.81. The van der Waals surface area contributed by atoms with Gasteiger partial charge in [0.2, 0.25) is 0 Å². The van der Waals surface area contributed by atoms with Gasteiger partial charge in [0.05, 0.1) is 11.7 Å². The topological polar surface area (TPSA) is 47.8 Å². The molecule has 0 spiro atoms. The minimum Gasteiger partial charge on any atom is -0.296 e. The second-order valence-corrected chi connectivity index (χ2v) is 2.55. The van der Waals surface area contributed by atoms with Crippen molar-refractivity contribution >= 4 is 17.2 Å². The first-order valence-electron chi connectivity index (χ1n) is 3.54. The molecule has 0 N–H and O–H groups in total. The Kier molecular flexibility index (Phi) is 1.40. The Hall–Kier alpha value is -1.71. The molecule has 0 bridgehead atoms. The molecule has 0 atom stereocenters. The number of aldehydes is 1. The van der Waals surface area contributed by atoms with Crippen molar-refractivity contribution in [3.8, 4) is 0 Å². The summed E-state index contributed by atoms with van der Waals surface area (Å²) in [4.78, 5) is 14.3. The average Bonchev–Trinajstić information content (AvgIpc) is 2.47. The van der Waals surface area contributed by atoms with Gasteiger partial charge in [-0.3, -0.25) is 14.5 Å². The van der Waals surface area contributed by atoms with Crippen molar-refractivity contribution in [3.63, 3.8) is 0 Å². The number of carbonyl (C=O) groups excluding carboxylic acids is 1. The van der Waals surface area contributed by atoms with Crippen molar-refractivity contribution in [2.45, 2.75) is 0 Å². The van der Waals surface area contributed by atoms with Crippen molar-refractivity contribution < 1.29 is 4.79 Å². The maximum absolute atomic E-state index is 10.4. The van der Waals surface area contributed by atoms with Gasteiger partial charge in [-0.25, -0.2) is 0 Å². The molecular weight excluding hydrogens is 154 g/mol. The highest BCUT2D eigenvalue weighted by Gasteiger charge is 2.00. The molecule has 4 nitrogen and oxygen atoms in total. The van der Waals surface area contributed by atoms with Crippen LogP contribution in [0.4, 0.5) is 0 Å². The Bertz CT molecular complexity index is 433. The third-order valence-corrected chi connectivity index (χ3v) is 1.77. The molecular formula is C8H7N3O. The van der Waals surface area contributed by atoms with Crippen LogP contribution >= 0.6 is 0 Å². The van der Waals surface area contributed by atoms with Crippen LogP contribution in [0.25, 0.3) is 10.9 Å². The number of hydrogen-bond acceptors (Lipinski definition) is 3. The highest BCUT2D eigenvalue weighted by atomic mass is 16.1. The SMILES string of the molecule is Cn1ncc2cnc(C=O)cc21. The van der Waals surface area contributed by atoms with E-state index in [-0.39, 0.29) is 0 Å². The summed E-state index contributed by atoms with van der Waals surface area (Å²) < 4.78 is 1.71. The van der Waals surface area contributed by atoms with Crippen LogP contribution in [0.15, 0.2) is 18.5 Å². The molecule has 0 saturated carbocycles. The summed E-state index contributed by atoms with van der Waals surface area (Å²) in [5, 5.41) is 4.98. The van der Waals surface area contributed by atoms with E-state index in [2.05, 4.69) is 10.1 Å². The Morgan fingerprint density at radius 2 is 2.33 bits per heavy atom. The molecule has 2 rings (SSSR count). The van der Waals surface area contributed by atoms with Gasteiger partial charge in [-0.2, -0.15) is 5.10 Å². The highest BCUT2D eigenvalue weighted by molar-refractivity contribution is 5.83. The molecule has 60 valence electrons. The van der Waals surface area contributed by atoms with Gasteiger partial charge in [-0.05, 0) is 6.07 Å². The fraction of sp³-hybridized carbons (Fsp3) is 0.125. The van der Waals surface area contributed by atoms with Crippen LogP contribution in [-0.2, 0) is 7.05 Å². The van der Waals surface area contributed by atoms with E-state index in [1.807, 2.05) is 7.05 Å². The van der Waals surface area contributed by atoms with E-state index in [9.17, 15) is 4.79 Å². The zero-order valence-corrected chi connectivity index (χ0v) is 6.56. The summed E-state index contributed by atoms with van der Waals surface area (Å²) in [5.74, 6) is 0. The zero-order valence-electron chi connectivity index (χ0n) is 6.56. The molecule has 0 saturated heterocycles. The molecule has 0 aliphatic carbocycles. The lowest BCUT2D eigenvalue weighted by molar-refractivity contribution is 0.111. The summed E-state index contributed by atoms with van der Waals surface area (Å²) in [6, 6.07) is 1.72. The minimum atomic E-state index is 0.436. The van der Waals surface area contributed by atoms with Crippen molar-refractivity contribution in [3.05, 3.63) is 24.2 Å². The van der Waals surface area contributed by atoms with E-state index in [0.717, 1.165) is 17.2 Å². The number of aryl methyl sites for hydroxylation is 1. The van der Waals surface area contributed by atoms with Crippen molar-refractivity contribution in [2.24, 2.45) is 7.05 Å². The van der Waals surface area contributed by atoms with Gasteiger partial charge in [-0.15, -0.1) is 0 Å². The van der Waals surface area contributed by atoms with Crippen LogP contribution in [0.3, 0.4) is 0 Å². The molecule has 0 unspecified atom stereocenters. The number of pyridine rings is 1. The van der Waals surface area contributed by atoms with Crippen LogP contribution in [0.5, 0.6) is 0 Å². The number of hydrogen-bond donors (Lipinski definition) is 0. The number of nitrogens with zero attached hydrogens (tertiary/aromatic N) is 3. The monoisotopic (exact) mass is 161 g/mol. The standard InChI is InChI=1S/C8H7N3O/c1-11-8-2-7(5-12)9-3-6(8)4-10-11/h2-5H,1H3. The molecule has 2 aromatic heterocycles. The first kappa shape index (κ1) is 6.97. The first-order valence-corrected chi connectivity index (χ1v) is 3.54. The zero-order chi connectivity index (χ0) is 8.55. The molecule has 0 fully saturated rings. The number of carbonyl (C=O) groups is 1. The van der Waals surface area contributed by atoms with Crippen LogP contribution in [-0.4, -0.2) is 21.1 Å². The lowest BCUT2D eigenvalue weighted by atomic mass is 10.3. The average molecular weight is 161 g/mol. The van der Waals surface area contributed by atoms with Gasteiger partial charge in [0.1, 0.15) is 5.69 Å². The smallest absolute Gasteiger partial charge is 0.168 e. The Morgan fingerprint density at radius 1 is 1.50 bits per heavy atom. The van der Waals surface area contributed by atoms with E-state index < -0.39 is 0 Å². The quantitative estimate of drug-likeness (QED) is 0.580. The van der Waals surface area contributed by atoms with Gasteiger partial charge in [0.15, 0.2) is 6.29 Å². The molecule has 0 aliphatic heterocycles. The summed E-state index contributed by atoms with van der Waals surface area (Å²) in [7, 11) is 1.83. The number of rotatable bonds is 1. The minimum absolute atomic E-state index is 0.436. The van der Waals surface area contributed by atoms with Gasteiger partial charge in [0, 0.05) is 18.6 Å². The van der Waals surface area contributed by atoms with Gasteiger partial charge >= 0.3 is 0 Å². The van der Waals surface area contributed by atoms with Gasteiger partial charge in [-0.1, -0.05) is 0 Å². The van der Waals surface area contributed by atoms with Gasteiger partial charge < -0.3 is 0 Å². The Balaban J connectivity index is 2.79. The summed E-state index contributed by atoms with van der Waals surface area (Å²) in [6.45, 7) is 0. The molecule has 0 amide bonds. The van der Waals surface area contributed by atoms with E-state index in [1.54, 1.807) is 23.1 Å². The molecule has 4 heteroatoms. The number of aromatic nitrogens is 3. The molecule has 0 radical (unpaired) electrons. The molecule has 0 aromatic carbocycles. The lowest BCUT2D eigenvalue weighted by Gasteiger charge is -1.93. The third kappa shape index (κ3) is 0.887.